The van der Waals surface area contributed by atoms with Crippen molar-refractivity contribution in [2.45, 2.75) is 59.4 Å². The Balaban J connectivity index is 1.46. The molecule has 1 saturated heterocycles. The van der Waals surface area contributed by atoms with E-state index in [0.717, 1.165) is 22.5 Å². The number of aromatic amines is 1. The number of rotatable bonds is 3. The highest BCUT2D eigenvalue weighted by Crippen LogP contribution is 2.31. The lowest BCUT2D eigenvalue weighted by Crippen LogP contribution is -2.62. The zero-order chi connectivity index (χ0) is 27.4. The SMILES string of the molecule is Cc1ccc(-c2cc(C(C)(C)C)c3nc(C(=O)N4CCN(C(=O)c5cc(C)n[nH]5)CC4(C)C)cn3n2)cc1. The molecule has 4 heterocycles. The molecule has 3 aromatic heterocycles. The number of hydrogen-bond acceptors (Lipinski definition) is 5. The average molecular weight is 514 g/mol. The Labute approximate surface area is 222 Å². The molecule has 38 heavy (non-hydrogen) atoms. The molecule has 0 saturated carbocycles. The number of piperazine rings is 1. The molecule has 0 aliphatic carbocycles. The van der Waals surface area contributed by atoms with Crippen molar-refractivity contribution in [3.63, 3.8) is 0 Å². The molecule has 0 radical (unpaired) electrons. The highest BCUT2D eigenvalue weighted by atomic mass is 16.2. The van der Waals surface area contributed by atoms with Gasteiger partial charge in [0.25, 0.3) is 11.8 Å². The summed E-state index contributed by atoms with van der Waals surface area (Å²) in [6.07, 6.45) is 1.73. The summed E-state index contributed by atoms with van der Waals surface area (Å²) < 4.78 is 1.73. The van der Waals surface area contributed by atoms with Crippen molar-refractivity contribution in [3.05, 3.63) is 70.8 Å². The topological polar surface area (TPSA) is 99.5 Å². The summed E-state index contributed by atoms with van der Waals surface area (Å²) in [5.41, 5.74) is 5.52. The summed E-state index contributed by atoms with van der Waals surface area (Å²) in [7, 11) is 0. The maximum Gasteiger partial charge on any atom is 0.274 e. The van der Waals surface area contributed by atoms with Crippen LogP contribution < -0.4 is 0 Å². The molecule has 1 N–H and O–H groups in total. The number of aryl methyl sites for hydroxylation is 2. The highest BCUT2D eigenvalue weighted by Gasteiger charge is 2.40. The van der Waals surface area contributed by atoms with Crippen LogP contribution in [0.3, 0.4) is 0 Å². The first-order valence-corrected chi connectivity index (χ1v) is 12.9. The second-order valence-corrected chi connectivity index (χ2v) is 11.9. The summed E-state index contributed by atoms with van der Waals surface area (Å²) in [5, 5.41) is 11.7. The molecule has 4 aromatic rings. The van der Waals surface area contributed by atoms with E-state index in [-0.39, 0.29) is 17.2 Å². The van der Waals surface area contributed by atoms with Crippen molar-refractivity contribution < 1.29 is 9.59 Å². The van der Waals surface area contributed by atoms with Gasteiger partial charge in [-0.25, -0.2) is 9.50 Å². The number of aromatic nitrogens is 5. The Morgan fingerprint density at radius 2 is 1.71 bits per heavy atom. The van der Waals surface area contributed by atoms with E-state index in [1.807, 2.05) is 25.7 Å². The number of H-pyrrole nitrogens is 1. The van der Waals surface area contributed by atoms with Crippen LogP contribution in [0.5, 0.6) is 0 Å². The van der Waals surface area contributed by atoms with E-state index in [1.54, 1.807) is 21.7 Å². The first-order chi connectivity index (χ1) is 17.8. The van der Waals surface area contributed by atoms with Crippen LogP contribution in [-0.4, -0.2) is 71.6 Å². The summed E-state index contributed by atoms with van der Waals surface area (Å²) in [5.74, 6) is -0.275. The largest absolute Gasteiger partial charge is 0.333 e. The van der Waals surface area contributed by atoms with E-state index < -0.39 is 5.54 Å². The Hall–Kier alpha value is -4.01. The van der Waals surface area contributed by atoms with Gasteiger partial charge < -0.3 is 9.80 Å². The first kappa shape index (κ1) is 25.6. The second-order valence-electron chi connectivity index (χ2n) is 11.9. The van der Waals surface area contributed by atoms with Gasteiger partial charge >= 0.3 is 0 Å². The van der Waals surface area contributed by atoms with Gasteiger partial charge in [-0.1, -0.05) is 50.6 Å². The Morgan fingerprint density at radius 1 is 1.00 bits per heavy atom. The lowest BCUT2D eigenvalue weighted by Gasteiger charge is -2.46. The molecule has 1 aromatic carbocycles. The average Bonchev–Trinajstić information content (AvgIpc) is 3.48. The van der Waals surface area contributed by atoms with Crippen molar-refractivity contribution in [1.29, 1.82) is 0 Å². The molecular weight excluding hydrogens is 478 g/mol. The molecule has 0 spiro atoms. The molecule has 2 amide bonds. The minimum Gasteiger partial charge on any atom is -0.333 e. The van der Waals surface area contributed by atoms with Crippen LogP contribution in [-0.2, 0) is 5.41 Å². The highest BCUT2D eigenvalue weighted by molar-refractivity contribution is 5.95. The monoisotopic (exact) mass is 513 g/mol. The van der Waals surface area contributed by atoms with Gasteiger partial charge in [-0.05, 0) is 45.2 Å². The zero-order valence-electron chi connectivity index (χ0n) is 23.2. The predicted molar refractivity (Wildman–Crippen MR) is 146 cm³/mol. The third-order valence-electron chi connectivity index (χ3n) is 7.17. The molecule has 9 heteroatoms. The van der Waals surface area contributed by atoms with Crippen LogP contribution in [0, 0.1) is 13.8 Å². The molecule has 1 aliphatic rings. The fourth-order valence-electron chi connectivity index (χ4n) is 5.04. The van der Waals surface area contributed by atoms with Gasteiger partial charge in [0.05, 0.1) is 23.1 Å². The normalized spacial score (nSPS) is 15.8. The van der Waals surface area contributed by atoms with Crippen LogP contribution >= 0.6 is 0 Å². The lowest BCUT2D eigenvalue weighted by molar-refractivity contribution is 0.0163. The van der Waals surface area contributed by atoms with Gasteiger partial charge in [0.1, 0.15) is 11.4 Å². The summed E-state index contributed by atoms with van der Waals surface area (Å²) in [4.78, 5) is 35.2. The van der Waals surface area contributed by atoms with Crippen LogP contribution in [0.1, 0.15) is 72.4 Å². The molecule has 0 unspecified atom stereocenters. The van der Waals surface area contributed by atoms with Crippen LogP contribution in [0.4, 0.5) is 0 Å². The quantitative estimate of drug-likeness (QED) is 0.437. The number of hydrogen-bond donors (Lipinski definition) is 1. The minimum atomic E-state index is -0.580. The summed E-state index contributed by atoms with van der Waals surface area (Å²) in [6.45, 7) is 15.5. The Bertz CT molecular complexity index is 1520. The number of benzene rings is 1. The number of nitrogens with zero attached hydrogens (tertiary/aromatic N) is 6. The van der Waals surface area contributed by atoms with Crippen LogP contribution in [0.15, 0.2) is 42.6 Å². The summed E-state index contributed by atoms with van der Waals surface area (Å²) in [6, 6.07) is 12.1. The van der Waals surface area contributed by atoms with Gasteiger partial charge in [0.2, 0.25) is 0 Å². The van der Waals surface area contributed by atoms with Crippen molar-refractivity contribution >= 4 is 17.5 Å². The third kappa shape index (κ3) is 4.68. The van der Waals surface area contributed by atoms with E-state index in [2.05, 4.69) is 68.2 Å². The van der Waals surface area contributed by atoms with E-state index in [9.17, 15) is 9.59 Å². The van der Waals surface area contributed by atoms with Gasteiger partial charge in [0.15, 0.2) is 5.65 Å². The number of imidazole rings is 1. The van der Waals surface area contributed by atoms with Crippen molar-refractivity contribution in [3.8, 4) is 11.3 Å². The van der Waals surface area contributed by atoms with Crippen LogP contribution in [0.25, 0.3) is 16.9 Å². The molecule has 9 nitrogen and oxygen atoms in total. The van der Waals surface area contributed by atoms with Gasteiger partial charge in [-0.3, -0.25) is 14.7 Å². The molecule has 198 valence electrons. The van der Waals surface area contributed by atoms with E-state index in [1.165, 1.54) is 5.56 Å². The molecule has 0 bridgehead atoms. The minimum absolute atomic E-state index is 0.110. The lowest BCUT2D eigenvalue weighted by atomic mass is 9.87. The number of nitrogens with one attached hydrogen (secondary N) is 1. The number of amides is 2. The van der Waals surface area contributed by atoms with Crippen molar-refractivity contribution in [1.82, 2.24) is 34.6 Å². The number of carbonyl (C=O) groups is 2. The third-order valence-corrected chi connectivity index (χ3v) is 7.17. The number of fused-ring (bicyclic) bond motifs is 1. The van der Waals surface area contributed by atoms with Crippen molar-refractivity contribution in [2.24, 2.45) is 0 Å². The smallest absolute Gasteiger partial charge is 0.274 e. The van der Waals surface area contributed by atoms with E-state index >= 15 is 0 Å². The molecule has 5 rings (SSSR count). The standard InChI is InChI=1S/C29H35N7O2/c1-18-8-10-20(11-9-18)22-15-21(28(3,4)5)25-30-24(16-36(25)33-22)27(38)35-13-12-34(17-29(35,6)7)26(37)23-14-19(2)31-32-23/h8-11,14-16H,12-13,17H2,1-7H3,(H,31,32). The van der Waals surface area contributed by atoms with Gasteiger partial charge in [-0.15, -0.1) is 0 Å². The predicted octanol–water partition coefficient (Wildman–Crippen LogP) is 4.41. The maximum atomic E-state index is 13.8. The summed E-state index contributed by atoms with van der Waals surface area (Å²) >= 11 is 0. The van der Waals surface area contributed by atoms with Gasteiger partial charge in [-0.2, -0.15) is 10.2 Å². The van der Waals surface area contributed by atoms with E-state index in [0.29, 0.717) is 36.7 Å². The fourth-order valence-corrected chi connectivity index (χ4v) is 5.04. The number of carbonyl (C=O) groups excluding carboxylic acids is 2. The Morgan fingerprint density at radius 3 is 2.32 bits per heavy atom. The fraction of sp³-hybridized carbons (Fsp3) is 0.414. The van der Waals surface area contributed by atoms with Crippen LogP contribution in [0.2, 0.25) is 0 Å². The van der Waals surface area contributed by atoms with Gasteiger partial charge in [0, 0.05) is 30.8 Å². The molecule has 1 fully saturated rings. The molecule has 1 aliphatic heterocycles. The first-order valence-electron chi connectivity index (χ1n) is 12.9. The molecule has 0 atom stereocenters. The van der Waals surface area contributed by atoms with E-state index in [4.69, 9.17) is 10.1 Å². The van der Waals surface area contributed by atoms with Crippen molar-refractivity contribution in [2.75, 3.05) is 19.6 Å². The molecular formula is C29H35N7O2. The Kier molecular flexibility index (Phi) is 6.12. The second kappa shape index (κ2) is 9.08. The zero-order valence-corrected chi connectivity index (χ0v) is 23.2. The maximum absolute atomic E-state index is 13.8.